The molecule has 2 aromatic carbocycles. The summed E-state index contributed by atoms with van der Waals surface area (Å²) < 4.78 is 5.88. The zero-order valence-electron chi connectivity index (χ0n) is 15.9. The van der Waals surface area contributed by atoms with Gasteiger partial charge in [0.2, 0.25) is 0 Å². The van der Waals surface area contributed by atoms with Crippen LogP contribution < -0.4 is 0 Å². The zero-order valence-corrected chi connectivity index (χ0v) is 16.7. The molecule has 0 saturated heterocycles. The van der Waals surface area contributed by atoms with Crippen molar-refractivity contribution in [1.82, 2.24) is 4.90 Å². The third-order valence-electron chi connectivity index (χ3n) is 4.83. The van der Waals surface area contributed by atoms with Crippen LogP contribution in [0.1, 0.15) is 23.1 Å². The van der Waals surface area contributed by atoms with Gasteiger partial charge in [0.1, 0.15) is 6.61 Å². The number of carboxylic acid groups (broad SMARTS) is 1. The van der Waals surface area contributed by atoms with Crippen LogP contribution in [0.5, 0.6) is 0 Å². The SMILES string of the molecule is Cc1ccccc1C(=COCCN1CCC=C(C(=O)O)C1)c1ccccc1Cl. The van der Waals surface area contributed by atoms with E-state index in [0.717, 1.165) is 35.2 Å². The number of aliphatic carboxylic acids is 1. The maximum atomic E-state index is 11.1. The van der Waals surface area contributed by atoms with Gasteiger partial charge >= 0.3 is 5.97 Å². The maximum Gasteiger partial charge on any atom is 0.332 e. The summed E-state index contributed by atoms with van der Waals surface area (Å²) in [6.45, 7) is 4.52. The minimum atomic E-state index is -0.842. The topological polar surface area (TPSA) is 49.8 Å². The van der Waals surface area contributed by atoms with Crippen LogP contribution in [0.2, 0.25) is 5.02 Å². The van der Waals surface area contributed by atoms with E-state index >= 15 is 0 Å². The quantitative estimate of drug-likeness (QED) is 0.540. The predicted molar refractivity (Wildman–Crippen MR) is 112 cm³/mol. The van der Waals surface area contributed by atoms with Gasteiger partial charge in [-0.1, -0.05) is 60.1 Å². The second-order valence-corrected chi connectivity index (χ2v) is 7.20. The Kier molecular flexibility index (Phi) is 6.90. The van der Waals surface area contributed by atoms with Crippen molar-refractivity contribution in [2.75, 3.05) is 26.2 Å². The van der Waals surface area contributed by atoms with Crippen LogP contribution in [0.25, 0.3) is 5.57 Å². The number of nitrogens with zero attached hydrogens (tertiary/aromatic N) is 1. The molecule has 0 bridgehead atoms. The van der Waals surface area contributed by atoms with Crippen LogP contribution in [0, 0.1) is 6.92 Å². The van der Waals surface area contributed by atoms with E-state index in [1.807, 2.05) is 36.4 Å². The Bertz CT molecular complexity index is 857. The van der Waals surface area contributed by atoms with Gasteiger partial charge in [-0.2, -0.15) is 0 Å². The van der Waals surface area contributed by atoms with Gasteiger partial charge in [-0.25, -0.2) is 4.79 Å². The highest BCUT2D eigenvalue weighted by atomic mass is 35.5. The Balaban J connectivity index is 1.72. The standard InChI is InChI=1S/C23H24ClNO3/c1-17-7-2-3-9-19(17)21(20-10-4-5-11-22(20)24)16-28-14-13-25-12-6-8-18(15-25)23(26)27/h2-5,7-11,16H,6,12-15H2,1H3,(H,26,27). The molecule has 0 saturated carbocycles. The minimum Gasteiger partial charge on any atom is -0.499 e. The van der Waals surface area contributed by atoms with Gasteiger partial charge in [-0.05, 0) is 30.5 Å². The van der Waals surface area contributed by atoms with Crippen molar-refractivity contribution >= 4 is 23.1 Å². The Morgan fingerprint density at radius 1 is 1.18 bits per heavy atom. The highest BCUT2D eigenvalue weighted by Gasteiger charge is 2.17. The van der Waals surface area contributed by atoms with Crippen LogP contribution >= 0.6 is 11.6 Å². The molecular weight excluding hydrogens is 374 g/mol. The zero-order chi connectivity index (χ0) is 19.9. The van der Waals surface area contributed by atoms with Crippen LogP contribution in [-0.4, -0.2) is 42.2 Å². The van der Waals surface area contributed by atoms with Crippen molar-refractivity contribution in [1.29, 1.82) is 0 Å². The summed E-state index contributed by atoms with van der Waals surface area (Å²) in [4.78, 5) is 13.2. The van der Waals surface area contributed by atoms with Gasteiger partial charge in [0.25, 0.3) is 0 Å². The van der Waals surface area contributed by atoms with Crippen LogP contribution in [-0.2, 0) is 9.53 Å². The number of halogens is 1. The van der Waals surface area contributed by atoms with Gasteiger partial charge in [-0.15, -0.1) is 0 Å². The fourth-order valence-electron chi connectivity index (χ4n) is 3.30. The second-order valence-electron chi connectivity index (χ2n) is 6.80. The molecule has 3 rings (SSSR count). The summed E-state index contributed by atoms with van der Waals surface area (Å²) in [5.41, 5.74) is 4.54. The Morgan fingerprint density at radius 3 is 2.61 bits per heavy atom. The van der Waals surface area contributed by atoms with Crippen molar-refractivity contribution < 1.29 is 14.6 Å². The highest BCUT2D eigenvalue weighted by molar-refractivity contribution is 6.32. The summed E-state index contributed by atoms with van der Waals surface area (Å²) in [6.07, 6.45) is 4.32. The second kappa shape index (κ2) is 9.58. The summed E-state index contributed by atoms with van der Waals surface area (Å²) in [7, 11) is 0. The molecule has 0 aliphatic carbocycles. The van der Waals surface area contributed by atoms with Crippen molar-refractivity contribution in [3.63, 3.8) is 0 Å². The molecule has 0 aromatic heterocycles. The molecule has 0 fully saturated rings. The Hall–Kier alpha value is -2.56. The molecule has 5 heteroatoms. The van der Waals surface area contributed by atoms with Gasteiger partial charge in [0.15, 0.2) is 0 Å². The summed E-state index contributed by atoms with van der Waals surface area (Å²) in [6, 6.07) is 15.9. The van der Waals surface area contributed by atoms with E-state index in [4.69, 9.17) is 21.4 Å². The number of rotatable bonds is 7. The molecule has 4 nitrogen and oxygen atoms in total. The lowest BCUT2D eigenvalue weighted by molar-refractivity contribution is -0.133. The molecule has 1 heterocycles. The summed E-state index contributed by atoms with van der Waals surface area (Å²) in [5.74, 6) is -0.842. The van der Waals surface area contributed by atoms with E-state index in [2.05, 4.69) is 24.0 Å². The molecule has 1 aliphatic heterocycles. The van der Waals surface area contributed by atoms with Crippen molar-refractivity contribution in [2.24, 2.45) is 0 Å². The third kappa shape index (κ3) is 5.03. The molecule has 0 unspecified atom stereocenters. The normalized spacial score (nSPS) is 15.2. The first kappa shape index (κ1) is 20.2. The Morgan fingerprint density at radius 2 is 1.89 bits per heavy atom. The molecule has 146 valence electrons. The molecule has 0 amide bonds. The smallest absolute Gasteiger partial charge is 0.332 e. The van der Waals surface area contributed by atoms with E-state index in [1.165, 1.54) is 0 Å². The molecule has 0 radical (unpaired) electrons. The maximum absolute atomic E-state index is 11.1. The average molecular weight is 398 g/mol. The van der Waals surface area contributed by atoms with Gasteiger partial charge in [0.05, 0.1) is 6.26 Å². The fraction of sp³-hybridized carbons (Fsp3) is 0.261. The summed E-state index contributed by atoms with van der Waals surface area (Å²) >= 11 is 6.44. The predicted octanol–water partition coefficient (Wildman–Crippen LogP) is 4.77. The third-order valence-corrected chi connectivity index (χ3v) is 5.16. The van der Waals surface area contributed by atoms with Gasteiger partial charge in [0, 0.05) is 41.4 Å². The minimum absolute atomic E-state index is 0.456. The molecule has 28 heavy (non-hydrogen) atoms. The largest absolute Gasteiger partial charge is 0.499 e. The number of carbonyl (C=O) groups is 1. The van der Waals surface area contributed by atoms with Gasteiger partial charge in [-0.3, -0.25) is 4.90 Å². The number of ether oxygens (including phenoxy) is 1. The van der Waals surface area contributed by atoms with E-state index < -0.39 is 5.97 Å². The van der Waals surface area contributed by atoms with Crippen LogP contribution in [0.15, 0.2) is 66.4 Å². The number of carboxylic acids is 1. The number of hydrogen-bond acceptors (Lipinski definition) is 3. The number of hydrogen-bond donors (Lipinski definition) is 1. The molecular formula is C23H24ClNO3. The highest BCUT2D eigenvalue weighted by Crippen LogP contribution is 2.31. The van der Waals surface area contributed by atoms with E-state index in [1.54, 1.807) is 12.3 Å². The lowest BCUT2D eigenvalue weighted by Crippen LogP contribution is -2.34. The molecule has 1 aliphatic rings. The average Bonchev–Trinajstić information content (AvgIpc) is 2.70. The lowest BCUT2D eigenvalue weighted by Gasteiger charge is -2.25. The molecule has 0 spiro atoms. The van der Waals surface area contributed by atoms with Crippen LogP contribution in [0.4, 0.5) is 0 Å². The number of aryl methyl sites for hydroxylation is 1. The molecule has 2 aromatic rings. The van der Waals surface area contributed by atoms with Crippen LogP contribution in [0.3, 0.4) is 0 Å². The fourth-order valence-corrected chi connectivity index (χ4v) is 3.54. The van der Waals surface area contributed by atoms with Crippen molar-refractivity contribution in [3.8, 4) is 0 Å². The van der Waals surface area contributed by atoms with Crippen molar-refractivity contribution in [2.45, 2.75) is 13.3 Å². The number of benzene rings is 2. The van der Waals surface area contributed by atoms with E-state index in [-0.39, 0.29) is 0 Å². The summed E-state index contributed by atoms with van der Waals surface area (Å²) in [5, 5.41) is 9.83. The lowest BCUT2D eigenvalue weighted by atomic mass is 9.95. The first-order valence-electron chi connectivity index (χ1n) is 9.33. The molecule has 1 N–H and O–H groups in total. The molecule has 0 atom stereocenters. The van der Waals surface area contributed by atoms with Crippen molar-refractivity contribution in [3.05, 3.63) is 88.2 Å². The van der Waals surface area contributed by atoms with E-state index in [9.17, 15) is 4.79 Å². The first-order chi connectivity index (χ1) is 13.6. The Labute approximate surface area is 170 Å². The van der Waals surface area contributed by atoms with E-state index in [0.29, 0.717) is 30.3 Å². The van der Waals surface area contributed by atoms with Gasteiger partial charge < -0.3 is 9.84 Å². The monoisotopic (exact) mass is 397 g/mol. The first-order valence-corrected chi connectivity index (χ1v) is 9.71.